The number of halogens is 2. The van der Waals surface area contributed by atoms with Crippen molar-refractivity contribution in [2.75, 3.05) is 38.8 Å². The minimum absolute atomic E-state index is 0.311. The molecule has 0 bridgehead atoms. The van der Waals surface area contributed by atoms with Gasteiger partial charge in [0.15, 0.2) is 0 Å². The molecule has 96 valence electrons. The van der Waals surface area contributed by atoms with E-state index in [4.69, 9.17) is 21.1 Å². The van der Waals surface area contributed by atoms with Crippen LogP contribution in [0.1, 0.15) is 6.42 Å². The highest BCUT2D eigenvalue weighted by Crippen LogP contribution is 2.18. The molecule has 0 aliphatic carbocycles. The lowest BCUT2D eigenvalue weighted by molar-refractivity contribution is 0.109. The monoisotopic (exact) mass is 261 g/mol. The molecular weight excluding hydrogens is 245 g/mol. The summed E-state index contributed by atoms with van der Waals surface area (Å²) in [5.41, 5.74) is 0.401. The van der Waals surface area contributed by atoms with Crippen LogP contribution < -0.4 is 5.32 Å². The summed E-state index contributed by atoms with van der Waals surface area (Å²) in [6.45, 7) is 2.41. The van der Waals surface area contributed by atoms with E-state index in [-0.39, 0.29) is 5.82 Å². The number of hydrogen-bond donors (Lipinski definition) is 1. The van der Waals surface area contributed by atoms with Crippen LogP contribution in [0.5, 0.6) is 0 Å². The van der Waals surface area contributed by atoms with E-state index < -0.39 is 0 Å². The number of hydrogen-bond acceptors (Lipinski definition) is 3. The Balaban J connectivity index is 2.15. The van der Waals surface area contributed by atoms with Crippen LogP contribution in [0.4, 0.5) is 10.1 Å². The van der Waals surface area contributed by atoms with Gasteiger partial charge >= 0.3 is 0 Å². The third-order valence-corrected chi connectivity index (χ3v) is 2.36. The highest BCUT2D eigenvalue weighted by molar-refractivity contribution is 6.30. The Kier molecular flexibility index (Phi) is 6.93. The topological polar surface area (TPSA) is 30.5 Å². The maximum atomic E-state index is 13.3. The zero-order chi connectivity index (χ0) is 12.5. The molecule has 0 amide bonds. The van der Waals surface area contributed by atoms with Gasteiger partial charge in [0.2, 0.25) is 0 Å². The first-order chi connectivity index (χ1) is 8.24. The maximum absolute atomic E-state index is 13.3. The summed E-state index contributed by atoms with van der Waals surface area (Å²) in [5, 5.41) is 3.44. The second-order valence-corrected chi connectivity index (χ2v) is 3.95. The molecule has 0 unspecified atom stereocenters. The van der Waals surface area contributed by atoms with Gasteiger partial charge in [-0.2, -0.15) is 0 Å². The van der Waals surface area contributed by atoms with E-state index in [9.17, 15) is 4.39 Å². The van der Waals surface area contributed by atoms with Crippen molar-refractivity contribution >= 4 is 17.3 Å². The fourth-order valence-corrected chi connectivity index (χ4v) is 1.47. The van der Waals surface area contributed by atoms with Gasteiger partial charge in [-0.3, -0.25) is 0 Å². The molecule has 1 aromatic carbocycles. The standard InChI is InChI=1S/C12H17ClFNO2/c1-16-6-2-7-17-8-5-15-12-9-10(13)3-4-11(12)14/h3-4,9,15H,2,5-8H2,1H3. The quantitative estimate of drug-likeness (QED) is 0.730. The second kappa shape index (κ2) is 8.28. The summed E-state index contributed by atoms with van der Waals surface area (Å²) in [5.74, 6) is -0.311. The van der Waals surface area contributed by atoms with E-state index in [1.54, 1.807) is 13.2 Å². The second-order valence-electron chi connectivity index (χ2n) is 3.51. The number of anilines is 1. The van der Waals surface area contributed by atoms with E-state index in [0.29, 0.717) is 37.1 Å². The molecule has 1 rings (SSSR count). The number of methoxy groups -OCH3 is 1. The van der Waals surface area contributed by atoms with Crippen molar-refractivity contribution < 1.29 is 13.9 Å². The summed E-state index contributed by atoms with van der Waals surface area (Å²) in [4.78, 5) is 0. The number of benzene rings is 1. The SMILES string of the molecule is COCCCOCCNc1cc(Cl)ccc1F. The Morgan fingerprint density at radius 1 is 1.29 bits per heavy atom. The van der Waals surface area contributed by atoms with Gasteiger partial charge in [-0.05, 0) is 24.6 Å². The van der Waals surface area contributed by atoms with Gasteiger partial charge in [-0.1, -0.05) is 11.6 Å². The van der Waals surface area contributed by atoms with E-state index in [0.717, 1.165) is 6.42 Å². The predicted octanol–water partition coefficient (Wildman–Crippen LogP) is 2.94. The van der Waals surface area contributed by atoms with E-state index >= 15 is 0 Å². The molecule has 0 saturated carbocycles. The molecule has 0 spiro atoms. The Morgan fingerprint density at radius 2 is 2.12 bits per heavy atom. The third-order valence-electron chi connectivity index (χ3n) is 2.13. The normalized spacial score (nSPS) is 10.5. The Labute approximate surface area is 106 Å². The van der Waals surface area contributed by atoms with Crippen LogP contribution in [0.15, 0.2) is 18.2 Å². The molecule has 1 N–H and O–H groups in total. The molecular formula is C12H17ClFNO2. The van der Waals surface area contributed by atoms with Crippen molar-refractivity contribution in [2.24, 2.45) is 0 Å². The summed E-state index contributed by atoms with van der Waals surface area (Å²) in [6.07, 6.45) is 0.863. The van der Waals surface area contributed by atoms with Gasteiger partial charge in [-0.15, -0.1) is 0 Å². The van der Waals surface area contributed by atoms with E-state index in [1.807, 2.05) is 0 Å². The minimum atomic E-state index is -0.311. The fraction of sp³-hybridized carbons (Fsp3) is 0.500. The smallest absolute Gasteiger partial charge is 0.146 e. The molecule has 0 saturated heterocycles. The van der Waals surface area contributed by atoms with Crippen molar-refractivity contribution in [3.8, 4) is 0 Å². The van der Waals surface area contributed by atoms with Crippen LogP contribution >= 0.6 is 11.6 Å². The summed E-state index contributed by atoms with van der Waals surface area (Å²) in [7, 11) is 1.66. The Morgan fingerprint density at radius 3 is 2.88 bits per heavy atom. The first-order valence-electron chi connectivity index (χ1n) is 5.49. The van der Waals surface area contributed by atoms with E-state index in [1.165, 1.54) is 12.1 Å². The lowest BCUT2D eigenvalue weighted by Gasteiger charge is -2.08. The molecule has 3 nitrogen and oxygen atoms in total. The molecule has 0 aliphatic rings. The molecule has 0 fully saturated rings. The molecule has 0 radical (unpaired) electrons. The van der Waals surface area contributed by atoms with Crippen LogP contribution in [-0.4, -0.2) is 33.5 Å². The molecule has 0 aliphatic heterocycles. The molecule has 0 atom stereocenters. The van der Waals surface area contributed by atoms with Gasteiger partial charge in [0.05, 0.1) is 12.3 Å². The van der Waals surface area contributed by atoms with E-state index in [2.05, 4.69) is 5.32 Å². The zero-order valence-corrected chi connectivity index (χ0v) is 10.6. The molecule has 0 heterocycles. The lowest BCUT2D eigenvalue weighted by Crippen LogP contribution is -2.11. The summed E-state index contributed by atoms with van der Waals surface area (Å²) in [6, 6.07) is 4.41. The lowest BCUT2D eigenvalue weighted by atomic mass is 10.3. The van der Waals surface area contributed by atoms with Gasteiger partial charge in [0.1, 0.15) is 5.82 Å². The van der Waals surface area contributed by atoms with Crippen molar-refractivity contribution in [3.63, 3.8) is 0 Å². The van der Waals surface area contributed by atoms with Gasteiger partial charge in [0.25, 0.3) is 0 Å². The van der Waals surface area contributed by atoms with Crippen LogP contribution in [0.3, 0.4) is 0 Å². The fourth-order valence-electron chi connectivity index (χ4n) is 1.30. The summed E-state index contributed by atoms with van der Waals surface area (Å²) < 4.78 is 23.5. The third kappa shape index (κ3) is 5.86. The van der Waals surface area contributed by atoms with Gasteiger partial charge in [-0.25, -0.2) is 4.39 Å². The highest BCUT2D eigenvalue weighted by Gasteiger charge is 2.01. The van der Waals surface area contributed by atoms with Gasteiger partial charge in [0, 0.05) is 31.9 Å². The Hall–Kier alpha value is -0.840. The number of ether oxygens (including phenoxy) is 2. The van der Waals surface area contributed by atoms with Crippen LogP contribution in [0, 0.1) is 5.82 Å². The number of nitrogens with one attached hydrogen (secondary N) is 1. The minimum Gasteiger partial charge on any atom is -0.385 e. The van der Waals surface area contributed by atoms with Crippen molar-refractivity contribution in [1.29, 1.82) is 0 Å². The molecule has 17 heavy (non-hydrogen) atoms. The average Bonchev–Trinajstić information content (AvgIpc) is 2.32. The van der Waals surface area contributed by atoms with Crippen molar-refractivity contribution in [2.45, 2.75) is 6.42 Å². The van der Waals surface area contributed by atoms with Crippen molar-refractivity contribution in [3.05, 3.63) is 29.0 Å². The first kappa shape index (κ1) is 14.2. The summed E-state index contributed by atoms with van der Waals surface area (Å²) >= 11 is 5.76. The number of rotatable bonds is 8. The van der Waals surface area contributed by atoms with Crippen LogP contribution in [0.25, 0.3) is 0 Å². The first-order valence-corrected chi connectivity index (χ1v) is 5.87. The maximum Gasteiger partial charge on any atom is 0.146 e. The van der Waals surface area contributed by atoms with Crippen molar-refractivity contribution in [1.82, 2.24) is 0 Å². The predicted molar refractivity (Wildman–Crippen MR) is 67.2 cm³/mol. The van der Waals surface area contributed by atoms with Gasteiger partial charge < -0.3 is 14.8 Å². The molecule has 5 heteroatoms. The average molecular weight is 262 g/mol. The van der Waals surface area contributed by atoms with Crippen LogP contribution in [-0.2, 0) is 9.47 Å². The zero-order valence-electron chi connectivity index (χ0n) is 9.84. The molecule has 1 aromatic rings. The largest absolute Gasteiger partial charge is 0.385 e. The molecule has 0 aromatic heterocycles. The highest BCUT2D eigenvalue weighted by atomic mass is 35.5. The van der Waals surface area contributed by atoms with Crippen LogP contribution in [0.2, 0.25) is 5.02 Å². The Bertz CT molecular complexity index is 336.